The lowest BCUT2D eigenvalue weighted by atomic mass is 10.1. The topological polar surface area (TPSA) is 110 Å². The van der Waals surface area contributed by atoms with Crippen LogP contribution in [0.1, 0.15) is 45.4 Å². The molecule has 0 saturated heterocycles. The Morgan fingerprint density at radius 2 is 1.83 bits per heavy atom. The first kappa shape index (κ1) is 17.6. The highest BCUT2D eigenvalue weighted by Gasteiger charge is 2.26. The van der Waals surface area contributed by atoms with Gasteiger partial charge in [-0.2, -0.15) is 0 Å². The highest BCUT2D eigenvalue weighted by atomic mass is 31.2. The molecule has 0 rings (SSSR count). The molecule has 0 aliphatic heterocycles. The summed E-state index contributed by atoms with van der Waals surface area (Å²) in [6.07, 6.45) is 5.77. The summed E-state index contributed by atoms with van der Waals surface area (Å²) in [5.41, 5.74) is 5.18. The van der Waals surface area contributed by atoms with Crippen molar-refractivity contribution in [3.05, 3.63) is 0 Å². The predicted octanol–water partition coefficient (Wildman–Crippen LogP) is 1.40. The molecule has 0 radical (unpaired) electrons. The summed E-state index contributed by atoms with van der Waals surface area (Å²) in [7, 11) is -3.91. The normalized spacial score (nSPS) is 16.0. The maximum absolute atomic E-state index is 11.5. The van der Waals surface area contributed by atoms with Gasteiger partial charge >= 0.3 is 13.6 Å². The summed E-state index contributed by atoms with van der Waals surface area (Å²) in [6, 6.07) is -1.25. The van der Waals surface area contributed by atoms with Gasteiger partial charge in [0.1, 0.15) is 6.04 Å². The average Bonchev–Trinajstić information content (AvgIpc) is 2.31. The standard InChI is InChI=1S/C11H24NO5P/c1-2-3-4-5-6-7-8-18(15,16)17-11(14)10(12)9-13/h10,13H,2-9,12H2,1H3,(H,15,16)/t10-/m0/s1. The van der Waals surface area contributed by atoms with Crippen molar-refractivity contribution in [1.29, 1.82) is 0 Å². The number of carbonyl (C=O) groups excluding carboxylic acids is 1. The van der Waals surface area contributed by atoms with E-state index in [4.69, 9.17) is 10.8 Å². The third-order valence-electron chi connectivity index (χ3n) is 2.53. The van der Waals surface area contributed by atoms with Crippen LogP contribution < -0.4 is 5.73 Å². The van der Waals surface area contributed by atoms with Gasteiger partial charge < -0.3 is 20.3 Å². The van der Waals surface area contributed by atoms with Crippen molar-refractivity contribution in [3.63, 3.8) is 0 Å². The minimum Gasteiger partial charge on any atom is -0.394 e. The van der Waals surface area contributed by atoms with E-state index >= 15 is 0 Å². The molecule has 7 heteroatoms. The number of rotatable bonds is 10. The SMILES string of the molecule is CCCCCCCCP(=O)(O)OC(=O)[C@@H](N)CO. The first-order chi connectivity index (χ1) is 8.43. The van der Waals surface area contributed by atoms with Crippen molar-refractivity contribution in [2.24, 2.45) is 5.73 Å². The summed E-state index contributed by atoms with van der Waals surface area (Å²) in [4.78, 5) is 20.5. The van der Waals surface area contributed by atoms with Gasteiger partial charge in [-0.3, -0.25) is 0 Å². The number of carbonyl (C=O) groups is 1. The number of aliphatic hydroxyl groups is 1. The van der Waals surface area contributed by atoms with Crippen molar-refractivity contribution in [1.82, 2.24) is 0 Å². The highest BCUT2D eigenvalue weighted by Crippen LogP contribution is 2.43. The van der Waals surface area contributed by atoms with E-state index in [0.29, 0.717) is 6.42 Å². The Morgan fingerprint density at radius 1 is 1.28 bits per heavy atom. The van der Waals surface area contributed by atoms with Gasteiger partial charge in [-0.15, -0.1) is 0 Å². The van der Waals surface area contributed by atoms with Crippen LogP contribution in [0.3, 0.4) is 0 Å². The second-order valence-corrected chi connectivity index (χ2v) is 6.23. The van der Waals surface area contributed by atoms with Gasteiger partial charge in [-0.05, 0) is 6.42 Å². The van der Waals surface area contributed by atoms with Crippen LogP contribution in [-0.4, -0.2) is 34.8 Å². The van der Waals surface area contributed by atoms with Crippen LogP contribution in [0.2, 0.25) is 0 Å². The monoisotopic (exact) mass is 281 g/mol. The van der Waals surface area contributed by atoms with Crippen LogP contribution in [0, 0.1) is 0 Å². The molecule has 0 fully saturated rings. The van der Waals surface area contributed by atoms with Gasteiger partial charge in [0.15, 0.2) is 0 Å². The zero-order valence-electron chi connectivity index (χ0n) is 10.9. The lowest BCUT2D eigenvalue weighted by Crippen LogP contribution is -2.35. The zero-order chi connectivity index (χ0) is 14.0. The third kappa shape index (κ3) is 8.64. The molecule has 0 bridgehead atoms. The van der Waals surface area contributed by atoms with Gasteiger partial charge in [0.05, 0.1) is 12.8 Å². The average molecular weight is 281 g/mol. The quantitative estimate of drug-likeness (QED) is 0.412. The van der Waals surface area contributed by atoms with Crippen LogP contribution >= 0.6 is 7.60 Å². The Morgan fingerprint density at radius 3 is 2.39 bits per heavy atom. The Balaban J connectivity index is 3.80. The molecule has 4 N–H and O–H groups in total. The van der Waals surface area contributed by atoms with Crippen molar-refractivity contribution in [2.45, 2.75) is 51.5 Å². The molecule has 0 aromatic carbocycles. The molecule has 6 nitrogen and oxygen atoms in total. The minimum absolute atomic E-state index is 0.0526. The van der Waals surface area contributed by atoms with Crippen molar-refractivity contribution >= 4 is 13.6 Å². The number of hydrogen-bond acceptors (Lipinski definition) is 5. The molecule has 0 aliphatic rings. The summed E-state index contributed by atoms with van der Waals surface area (Å²) in [6.45, 7) is 1.52. The van der Waals surface area contributed by atoms with E-state index in [1.54, 1.807) is 0 Å². The van der Waals surface area contributed by atoms with Crippen LogP contribution in [0.4, 0.5) is 0 Å². The van der Waals surface area contributed by atoms with E-state index in [1.807, 2.05) is 0 Å². The molecule has 1 unspecified atom stereocenters. The van der Waals surface area contributed by atoms with Gasteiger partial charge in [-0.1, -0.05) is 39.0 Å². The Bertz CT molecular complexity index is 285. The molecule has 0 heterocycles. The van der Waals surface area contributed by atoms with Gasteiger partial charge in [-0.25, -0.2) is 9.36 Å². The zero-order valence-corrected chi connectivity index (χ0v) is 11.8. The van der Waals surface area contributed by atoms with Crippen molar-refractivity contribution < 1.29 is 23.9 Å². The summed E-state index contributed by atoms with van der Waals surface area (Å²) in [5.74, 6) is -1.03. The molecular formula is C11H24NO5P. The minimum atomic E-state index is -3.91. The summed E-state index contributed by atoms with van der Waals surface area (Å²) < 4.78 is 15.9. The lowest BCUT2D eigenvalue weighted by molar-refractivity contribution is -0.137. The molecule has 108 valence electrons. The molecule has 2 atom stereocenters. The molecule has 0 aromatic rings. The van der Waals surface area contributed by atoms with Gasteiger partial charge in [0.25, 0.3) is 0 Å². The van der Waals surface area contributed by atoms with E-state index in [1.165, 1.54) is 0 Å². The molecule has 0 spiro atoms. The molecule has 18 heavy (non-hydrogen) atoms. The van der Waals surface area contributed by atoms with E-state index in [-0.39, 0.29) is 6.16 Å². The molecule has 0 amide bonds. The van der Waals surface area contributed by atoms with Crippen molar-refractivity contribution in [3.8, 4) is 0 Å². The molecule has 0 aromatic heterocycles. The van der Waals surface area contributed by atoms with Gasteiger partial charge in [0.2, 0.25) is 0 Å². The Hall–Kier alpha value is -0.420. The Kier molecular flexibility index (Phi) is 9.28. The van der Waals surface area contributed by atoms with Gasteiger partial charge in [0, 0.05) is 0 Å². The number of hydrogen-bond donors (Lipinski definition) is 3. The second kappa shape index (κ2) is 9.50. The third-order valence-corrected chi connectivity index (χ3v) is 3.87. The largest absolute Gasteiger partial charge is 0.394 e. The highest BCUT2D eigenvalue weighted by molar-refractivity contribution is 7.53. The molecular weight excluding hydrogens is 257 g/mol. The maximum atomic E-state index is 11.5. The lowest BCUT2D eigenvalue weighted by Gasteiger charge is -2.14. The number of unbranched alkanes of at least 4 members (excludes halogenated alkanes) is 5. The maximum Gasteiger partial charge on any atom is 0.378 e. The number of nitrogens with two attached hydrogens (primary N) is 1. The van der Waals surface area contributed by atoms with Crippen LogP contribution in [-0.2, 0) is 13.9 Å². The fourth-order valence-corrected chi connectivity index (χ4v) is 2.55. The first-order valence-electron chi connectivity index (χ1n) is 6.34. The van der Waals surface area contributed by atoms with E-state index in [9.17, 15) is 14.3 Å². The van der Waals surface area contributed by atoms with E-state index < -0.39 is 26.2 Å². The summed E-state index contributed by atoms with van der Waals surface area (Å²) in [5, 5.41) is 8.60. The predicted molar refractivity (Wildman–Crippen MR) is 69.2 cm³/mol. The fraction of sp³-hybridized carbons (Fsp3) is 0.909. The Labute approximate surface area is 108 Å². The van der Waals surface area contributed by atoms with Crippen LogP contribution in [0.25, 0.3) is 0 Å². The van der Waals surface area contributed by atoms with Crippen LogP contribution in [0.15, 0.2) is 0 Å². The van der Waals surface area contributed by atoms with E-state index in [2.05, 4.69) is 11.4 Å². The van der Waals surface area contributed by atoms with Crippen LogP contribution in [0.5, 0.6) is 0 Å². The molecule has 0 saturated carbocycles. The van der Waals surface area contributed by atoms with E-state index in [0.717, 1.165) is 32.1 Å². The summed E-state index contributed by atoms with van der Waals surface area (Å²) >= 11 is 0. The molecule has 0 aliphatic carbocycles. The second-order valence-electron chi connectivity index (χ2n) is 4.33. The smallest absolute Gasteiger partial charge is 0.378 e. The number of aliphatic hydroxyl groups excluding tert-OH is 1. The van der Waals surface area contributed by atoms with Crippen molar-refractivity contribution in [2.75, 3.05) is 12.8 Å². The fourth-order valence-electron chi connectivity index (χ4n) is 1.42. The first-order valence-corrected chi connectivity index (χ1v) is 8.11.